The molecule has 1 aliphatic heterocycles. The van der Waals surface area contributed by atoms with E-state index in [1.807, 2.05) is 0 Å². The molecule has 1 fully saturated rings. The lowest BCUT2D eigenvalue weighted by Gasteiger charge is -2.36. The molecule has 0 aromatic rings. The van der Waals surface area contributed by atoms with Crippen LogP contribution in [0.2, 0.25) is 0 Å². The number of ether oxygens (including phenoxy) is 1. The summed E-state index contributed by atoms with van der Waals surface area (Å²) in [6, 6.07) is 0. The summed E-state index contributed by atoms with van der Waals surface area (Å²) in [5.41, 5.74) is 0. The molecule has 0 aromatic carbocycles. The average Bonchev–Trinajstić information content (AvgIpc) is 2.08. The third-order valence-corrected chi connectivity index (χ3v) is 1.85. The number of aliphatic hydroxyl groups excluding tert-OH is 4. The zero-order valence-electron chi connectivity index (χ0n) is 6.20. The van der Waals surface area contributed by atoms with Gasteiger partial charge in [-0.2, -0.15) is 5.11 Å². The van der Waals surface area contributed by atoms with Gasteiger partial charge >= 0.3 is 0 Å². The van der Waals surface area contributed by atoms with E-state index in [9.17, 15) is 5.11 Å². The zero-order valence-corrected chi connectivity index (χ0v) is 6.20. The first kappa shape index (κ1) is 9.85. The predicted octanol–water partition coefficient (Wildman–Crippen LogP) is -2.78. The van der Waals surface area contributed by atoms with Gasteiger partial charge in [0.2, 0.25) is 6.29 Å². The molecule has 4 N–H and O–H groups in total. The van der Waals surface area contributed by atoms with E-state index in [1.165, 1.54) is 0 Å². The Labute approximate surface area is 68.6 Å². The van der Waals surface area contributed by atoms with Gasteiger partial charge in [-0.1, -0.05) is 0 Å². The van der Waals surface area contributed by atoms with Crippen LogP contribution in [0.4, 0.5) is 0 Å². The molecule has 1 rings (SSSR count). The predicted molar refractivity (Wildman–Crippen MR) is 34.5 cm³/mol. The second-order valence-corrected chi connectivity index (χ2v) is 2.70. The first-order valence-electron chi connectivity index (χ1n) is 3.54. The van der Waals surface area contributed by atoms with Crippen molar-refractivity contribution >= 4 is 0 Å². The molecular formula is C6H11O6. The van der Waals surface area contributed by atoms with Gasteiger partial charge in [-0.3, -0.25) is 0 Å². The van der Waals surface area contributed by atoms with Gasteiger partial charge in [0.25, 0.3) is 0 Å². The highest BCUT2D eigenvalue weighted by Gasteiger charge is 2.43. The van der Waals surface area contributed by atoms with Crippen LogP contribution in [-0.2, 0) is 9.84 Å². The van der Waals surface area contributed by atoms with Crippen molar-refractivity contribution in [3.8, 4) is 0 Å². The van der Waals surface area contributed by atoms with E-state index in [0.29, 0.717) is 0 Å². The van der Waals surface area contributed by atoms with Crippen molar-refractivity contribution in [2.45, 2.75) is 30.7 Å². The molecule has 0 aromatic heterocycles. The zero-order chi connectivity index (χ0) is 9.30. The third kappa shape index (κ3) is 1.58. The Balaban J connectivity index is 2.63. The molecule has 1 saturated heterocycles. The molecule has 0 bridgehead atoms. The van der Waals surface area contributed by atoms with Gasteiger partial charge in [0.05, 0.1) is 6.61 Å². The maximum Gasteiger partial charge on any atom is 0.220 e. The number of aliphatic hydroxyl groups is 4. The fourth-order valence-electron chi connectivity index (χ4n) is 1.07. The van der Waals surface area contributed by atoms with Crippen LogP contribution in [0.3, 0.4) is 0 Å². The summed E-state index contributed by atoms with van der Waals surface area (Å²) in [6.45, 7) is -0.566. The van der Waals surface area contributed by atoms with Crippen LogP contribution in [0.5, 0.6) is 0 Å². The molecule has 1 aliphatic rings. The van der Waals surface area contributed by atoms with Crippen LogP contribution in [0.15, 0.2) is 0 Å². The summed E-state index contributed by atoms with van der Waals surface area (Å²) >= 11 is 0. The Bertz CT molecular complexity index is 146. The molecule has 12 heavy (non-hydrogen) atoms. The summed E-state index contributed by atoms with van der Waals surface area (Å²) in [6.07, 6.45) is -7.57. The highest BCUT2D eigenvalue weighted by molar-refractivity contribution is 4.87. The standard InChI is InChI=1S/C6H11O6/c7-1-2-3(8)4(9)5(10)6(11)12-2/h2-10H,1H2/t2-,3-,4-,5+,6?/m1/s1. The fourth-order valence-corrected chi connectivity index (χ4v) is 1.07. The van der Waals surface area contributed by atoms with Crippen molar-refractivity contribution < 1.29 is 30.3 Å². The second-order valence-electron chi connectivity index (χ2n) is 2.70. The van der Waals surface area contributed by atoms with E-state index in [0.717, 1.165) is 0 Å². The largest absolute Gasteiger partial charge is 0.394 e. The van der Waals surface area contributed by atoms with Gasteiger partial charge in [0.1, 0.15) is 24.4 Å². The minimum atomic E-state index is -1.82. The van der Waals surface area contributed by atoms with Gasteiger partial charge in [0.15, 0.2) is 0 Å². The summed E-state index contributed by atoms with van der Waals surface area (Å²) in [5, 5.41) is 46.3. The Morgan fingerprint density at radius 1 is 1.08 bits per heavy atom. The van der Waals surface area contributed by atoms with Gasteiger partial charge in [-0.15, -0.1) is 0 Å². The molecule has 0 aliphatic carbocycles. The normalized spacial score (nSPS) is 49.2. The van der Waals surface area contributed by atoms with Crippen LogP contribution >= 0.6 is 0 Å². The van der Waals surface area contributed by atoms with Gasteiger partial charge in [0, 0.05) is 0 Å². The fraction of sp³-hybridized carbons (Fsp3) is 1.00. The maximum atomic E-state index is 10.7. The number of hydrogen-bond acceptors (Lipinski definition) is 5. The first-order valence-corrected chi connectivity index (χ1v) is 3.54. The number of rotatable bonds is 1. The molecule has 0 amide bonds. The van der Waals surface area contributed by atoms with Crippen LogP contribution in [-0.4, -0.2) is 57.7 Å². The Morgan fingerprint density at radius 3 is 2.17 bits per heavy atom. The summed E-state index contributed by atoms with van der Waals surface area (Å²) in [7, 11) is 0. The summed E-state index contributed by atoms with van der Waals surface area (Å²) in [5.74, 6) is 0. The monoisotopic (exact) mass is 179 g/mol. The van der Waals surface area contributed by atoms with Crippen molar-refractivity contribution in [3.63, 3.8) is 0 Å². The highest BCUT2D eigenvalue weighted by Crippen LogP contribution is 2.19. The molecule has 6 heteroatoms. The van der Waals surface area contributed by atoms with E-state index in [1.54, 1.807) is 0 Å². The molecule has 0 spiro atoms. The quantitative estimate of drug-likeness (QED) is 0.348. The van der Waals surface area contributed by atoms with Crippen LogP contribution in [0, 0.1) is 0 Å². The molecule has 0 saturated carbocycles. The Morgan fingerprint density at radius 2 is 1.67 bits per heavy atom. The van der Waals surface area contributed by atoms with Crippen molar-refractivity contribution in [3.05, 3.63) is 0 Å². The van der Waals surface area contributed by atoms with Gasteiger partial charge < -0.3 is 25.2 Å². The van der Waals surface area contributed by atoms with Crippen molar-refractivity contribution in [2.24, 2.45) is 0 Å². The SMILES string of the molecule is [O]C1O[C@H](CO)[C@@H](O)[C@@H](O)[C@@H]1O. The Kier molecular flexibility index (Phi) is 2.99. The maximum absolute atomic E-state index is 10.7. The van der Waals surface area contributed by atoms with Crippen LogP contribution < -0.4 is 0 Å². The van der Waals surface area contributed by atoms with Crippen molar-refractivity contribution in [2.75, 3.05) is 6.61 Å². The molecule has 1 radical (unpaired) electrons. The molecule has 71 valence electrons. The van der Waals surface area contributed by atoms with Crippen molar-refractivity contribution in [1.82, 2.24) is 0 Å². The molecule has 1 heterocycles. The highest BCUT2D eigenvalue weighted by atomic mass is 16.6. The second kappa shape index (κ2) is 3.65. The molecular weight excluding hydrogens is 168 g/mol. The van der Waals surface area contributed by atoms with Gasteiger partial charge in [-0.25, -0.2) is 0 Å². The lowest BCUT2D eigenvalue weighted by molar-refractivity contribution is -0.303. The average molecular weight is 179 g/mol. The van der Waals surface area contributed by atoms with E-state index in [4.69, 9.17) is 20.4 Å². The Hall–Kier alpha value is -0.240. The van der Waals surface area contributed by atoms with Crippen LogP contribution in [0.1, 0.15) is 0 Å². The summed E-state index contributed by atoms with van der Waals surface area (Å²) < 4.78 is 4.46. The third-order valence-electron chi connectivity index (χ3n) is 1.85. The molecule has 5 atom stereocenters. The minimum absolute atomic E-state index is 0.566. The molecule has 1 unspecified atom stereocenters. The van der Waals surface area contributed by atoms with E-state index in [-0.39, 0.29) is 0 Å². The first-order chi connectivity index (χ1) is 5.57. The smallest absolute Gasteiger partial charge is 0.220 e. The number of hydrogen-bond donors (Lipinski definition) is 4. The molecule has 6 nitrogen and oxygen atoms in total. The van der Waals surface area contributed by atoms with E-state index >= 15 is 0 Å². The van der Waals surface area contributed by atoms with Crippen molar-refractivity contribution in [1.29, 1.82) is 0 Å². The lowest BCUT2D eigenvalue weighted by atomic mass is 10.00. The van der Waals surface area contributed by atoms with E-state index in [2.05, 4.69) is 4.74 Å². The van der Waals surface area contributed by atoms with Crippen LogP contribution in [0.25, 0.3) is 0 Å². The van der Waals surface area contributed by atoms with E-state index < -0.39 is 37.3 Å². The lowest BCUT2D eigenvalue weighted by Crippen LogP contribution is -2.58. The summed E-state index contributed by atoms with van der Waals surface area (Å²) in [4.78, 5) is 0. The minimum Gasteiger partial charge on any atom is -0.394 e. The van der Waals surface area contributed by atoms with Gasteiger partial charge in [-0.05, 0) is 0 Å². The topological polar surface area (TPSA) is 110 Å².